The van der Waals surface area contributed by atoms with E-state index in [0.29, 0.717) is 6.54 Å². The third kappa shape index (κ3) is 4.08. The normalized spacial score (nSPS) is 10.3. The van der Waals surface area contributed by atoms with Gasteiger partial charge in [-0.05, 0) is 45.3 Å². The van der Waals surface area contributed by atoms with Crippen LogP contribution >= 0.6 is 31.9 Å². The minimum Gasteiger partial charge on any atom is -0.481 e. The quantitative estimate of drug-likeness (QED) is 0.782. The van der Waals surface area contributed by atoms with Gasteiger partial charge >= 0.3 is 5.97 Å². The van der Waals surface area contributed by atoms with Crippen LogP contribution in [0.15, 0.2) is 51.4 Å². The van der Waals surface area contributed by atoms with E-state index in [9.17, 15) is 4.79 Å². The number of carbonyl (C=O) groups is 1. The van der Waals surface area contributed by atoms with Gasteiger partial charge in [-0.1, -0.05) is 40.2 Å². The summed E-state index contributed by atoms with van der Waals surface area (Å²) >= 11 is 6.92. The molecule has 2 rings (SSSR count). The molecular formula is C15H13Br2NO2. The fourth-order valence-corrected chi connectivity index (χ4v) is 2.64. The van der Waals surface area contributed by atoms with Gasteiger partial charge < -0.3 is 10.4 Å². The molecule has 2 N–H and O–H groups in total. The van der Waals surface area contributed by atoms with E-state index in [0.717, 1.165) is 25.8 Å². The van der Waals surface area contributed by atoms with Crippen LogP contribution in [-0.4, -0.2) is 11.1 Å². The molecule has 0 heterocycles. The average Bonchev–Trinajstić information content (AvgIpc) is 2.41. The monoisotopic (exact) mass is 397 g/mol. The van der Waals surface area contributed by atoms with Crippen molar-refractivity contribution in [1.29, 1.82) is 0 Å². The standard InChI is InChI=1S/C15H13Br2NO2/c16-12-5-6-13(17)14(8-12)18-9-11-4-2-1-3-10(11)7-15(19)20/h1-6,8,18H,7,9H2,(H,19,20). The summed E-state index contributed by atoms with van der Waals surface area (Å²) < 4.78 is 1.96. The van der Waals surface area contributed by atoms with E-state index in [2.05, 4.69) is 37.2 Å². The minimum absolute atomic E-state index is 0.0392. The van der Waals surface area contributed by atoms with Gasteiger partial charge in [0.15, 0.2) is 0 Å². The van der Waals surface area contributed by atoms with Gasteiger partial charge in [0.25, 0.3) is 0 Å². The molecule has 20 heavy (non-hydrogen) atoms. The highest BCUT2D eigenvalue weighted by atomic mass is 79.9. The molecule has 5 heteroatoms. The van der Waals surface area contributed by atoms with E-state index in [1.54, 1.807) is 0 Å². The number of halogens is 2. The summed E-state index contributed by atoms with van der Waals surface area (Å²) in [6, 6.07) is 13.4. The molecule has 0 spiro atoms. The average molecular weight is 399 g/mol. The Labute approximate surface area is 134 Å². The van der Waals surface area contributed by atoms with Crippen molar-refractivity contribution in [2.24, 2.45) is 0 Å². The van der Waals surface area contributed by atoms with Crippen LogP contribution in [0.2, 0.25) is 0 Å². The lowest BCUT2D eigenvalue weighted by Gasteiger charge is -2.12. The second kappa shape index (κ2) is 6.90. The first-order valence-corrected chi connectivity index (χ1v) is 7.62. The highest BCUT2D eigenvalue weighted by molar-refractivity contribution is 9.11. The molecule has 0 aromatic heterocycles. The molecule has 0 atom stereocenters. The van der Waals surface area contributed by atoms with Gasteiger partial charge in [-0.2, -0.15) is 0 Å². The van der Waals surface area contributed by atoms with Crippen LogP contribution in [0.1, 0.15) is 11.1 Å². The Morgan fingerprint density at radius 1 is 1.10 bits per heavy atom. The predicted molar refractivity (Wildman–Crippen MR) is 87.0 cm³/mol. The molecule has 2 aromatic carbocycles. The Bertz CT molecular complexity index is 629. The van der Waals surface area contributed by atoms with Crippen molar-refractivity contribution in [2.45, 2.75) is 13.0 Å². The van der Waals surface area contributed by atoms with Crippen molar-refractivity contribution in [1.82, 2.24) is 0 Å². The lowest BCUT2D eigenvalue weighted by Crippen LogP contribution is -2.07. The van der Waals surface area contributed by atoms with Gasteiger partial charge in [0.2, 0.25) is 0 Å². The molecule has 3 nitrogen and oxygen atoms in total. The Hall–Kier alpha value is -1.33. The Morgan fingerprint density at radius 2 is 1.80 bits per heavy atom. The van der Waals surface area contributed by atoms with Crippen LogP contribution in [0, 0.1) is 0 Å². The van der Waals surface area contributed by atoms with E-state index in [4.69, 9.17) is 5.11 Å². The zero-order valence-corrected chi connectivity index (χ0v) is 13.7. The van der Waals surface area contributed by atoms with Crippen LogP contribution in [0.3, 0.4) is 0 Å². The summed E-state index contributed by atoms with van der Waals surface area (Å²) in [5, 5.41) is 12.2. The first-order valence-electron chi connectivity index (χ1n) is 6.04. The topological polar surface area (TPSA) is 49.3 Å². The second-order valence-electron chi connectivity index (χ2n) is 4.32. The smallest absolute Gasteiger partial charge is 0.307 e. The number of carboxylic acids is 1. The van der Waals surface area contributed by atoms with E-state index < -0.39 is 5.97 Å². The molecular weight excluding hydrogens is 386 g/mol. The zero-order valence-electron chi connectivity index (χ0n) is 10.6. The number of rotatable bonds is 5. The van der Waals surface area contributed by atoms with Gasteiger partial charge in [-0.25, -0.2) is 0 Å². The van der Waals surface area contributed by atoms with Crippen molar-refractivity contribution in [2.75, 3.05) is 5.32 Å². The van der Waals surface area contributed by atoms with Gasteiger partial charge in [-0.15, -0.1) is 0 Å². The van der Waals surface area contributed by atoms with Crippen LogP contribution in [0.4, 0.5) is 5.69 Å². The molecule has 0 unspecified atom stereocenters. The number of nitrogens with one attached hydrogen (secondary N) is 1. The zero-order chi connectivity index (χ0) is 14.5. The first kappa shape index (κ1) is 15.1. The summed E-state index contributed by atoms with van der Waals surface area (Å²) in [5.41, 5.74) is 2.78. The molecule has 2 aromatic rings. The van der Waals surface area contributed by atoms with Crippen LogP contribution in [0.25, 0.3) is 0 Å². The summed E-state index contributed by atoms with van der Waals surface area (Å²) in [7, 11) is 0. The summed E-state index contributed by atoms with van der Waals surface area (Å²) in [4.78, 5) is 10.9. The summed E-state index contributed by atoms with van der Waals surface area (Å²) in [6.07, 6.45) is 0.0392. The maximum atomic E-state index is 10.9. The maximum Gasteiger partial charge on any atom is 0.307 e. The first-order chi connectivity index (χ1) is 9.56. The van der Waals surface area contributed by atoms with E-state index in [-0.39, 0.29) is 6.42 Å². The lowest BCUT2D eigenvalue weighted by atomic mass is 10.0. The van der Waals surface area contributed by atoms with Gasteiger partial charge in [0.1, 0.15) is 0 Å². The lowest BCUT2D eigenvalue weighted by molar-refractivity contribution is -0.136. The fraction of sp³-hybridized carbons (Fsp3) is 0.133. The minimum atomic E-state index is -0.818. The Balaban J connectivity index is 2.14. The fourth-order valence-electron chi connectivity index (χ4n) is 1.89. The predicted octanol–water partition coefficient (Wildman–Crippen LogP) is 4.45. The third-order valence-electron chi connectivity index (χ3n) is 2.86. The van der Waals surface area contributed by atoms with Crippen LogP contribution < -0.4 is 5.32 Å². The number of anilines is 1. The number of aliphatic carboxylic acids is 1. The van der Waals surface area contributed by atoms with Crippen LogP contribution in [0.5, 0.6) is 0 Å². The van der Waals surface area contributed by atoms with Crippen molar-refractivity contribution < 1.29 is 9.90 Å². The number of benzene rings is 2. The van der Waals surface area contributed by atoms with Crippen molar-refractivity contribution in [3.8, 4) is 0 Å². The number of hydrogen-bond donors (Lipinski definition) is 2. The Morgan fingerprint density at radius 3 is 2.50 bits per heavy atom. The molecule has 0 saturated carbocycles. The Kier molecular flexibility index (Phi) is 5.20. The van der Waals surface area contributed by atoms with E-state index >= 15 is 0 Å². The highest BCUT2D eigenvalue weighted by Crippen LogP contribution is 2.26. The number of hydrogen-bond acceptors (Lipinski definition) is 2. The van der Waals surface area contributed by atoms with E-state index in [1.165, 1.54) is 0 Å². The molecule has 0 fully saturated rings. The van der Waals surface area contributed by atoms with Gasteiger partial charge in [0.05, 0.1) is 6.42 Å². The summed E-state index contributed by atoms with van der Waals surface area (Å²) in [5.74, 6) is -0.818. The molecule has 0 aliphatic rings. The molecule has 0 amide bonds. The SMILES string of the molecule is O=C(O)Cc1ccccc1CNc1cc(Br)ccc1Br. The third-order valence-corrected chi connectivity index (χ3v) is 4.04. The van der Waals surface area contributed by atoms with Gasteiger partial charge in [0, 0.05) is 21.2 Å². The van der Waals surface area contributed by atoms with Crippen molar-refractivity contribution in [3.05, 3.63) is 62.5 Å². The molecule has 0 radical (unpaired) electrons. The van der Waals surface area contributed by atoms with Gasteiger partial charge in [-0.3, -0.25) is 4.79 Å². The summed E-state index contributed by atoms with van der Waals surface area (Å²) in [6.45, 7) is 0.582. The number of carboxylic acid groups (broad SMARTS) is 1. The maximum absolute atomic E-state index is 10.9. The molecule has 104 valence electrons. The van der Waals surface area contributed by atoms with Crippen molar-refractivity contribution >= 4 is 43.5 Å². The molecule has 0 saturated heterocycles. The molecule has 0 aliphatic heterocycles. The second-order valence-corrected chi connectivity index (χ2v) is 6.09. The highest BCUT2D eigenvalue weighted by Gasteiger charge is 2.07. The van der Waals surface area contributed by atoms with E-state index in [1.807, 2.05) is 42.5 Å². The van der Waals surface area contributed by atoms with Crippen molar-refractivity contribution in [3.63, 3.8) is 0 Å². The largest absolute Gasteiger partial charge is 0.481 e. The van der Waals surface area contributed by atoms with Crippen LogP contribution in [-0.2, 0) is 17.8 Å². The molecule has 0 bridgehead atoms. The molecule has 0 aliphatic carbocycles.